The number of rotatable bonds is 7. The summed E-state index contributed by atoms with van der Waals surface area (Å²) in [5, 5.41) is 4.34. The van der Waals surface area contributed by atoms with E-state index in [0.29, 0.717) is 34.0 Å². The van der Waals surface area contributed by atoms with Crippen LogP contribution in [0.1, 0.15) is 23.6 Å². The lowest BCUT2D eigenvalue weighted by molar-refractivity contribution is 0.329. The molecule has 0 aromatic heterocycles. The lowest BCUT2D eigenvalue weighted by Gasteiger charge is -2.23. The Hall–Kier alpha value is -2.79. The summed E-state index contributed by atoms with van der Waals surface area (Å²) >= 11 is 0. The van der Waals surface area contributed by atoms with E-state index >= 15 is 0 Å². The van der Waals surface area contributed by atoms with Gasteiger partial charge in [0.05, 0.1) is 38.5 Å². The van der Waals surface area contributed by atoms with Crippen LogP contribution in [0.3, 0.4) is 0 Å². The molecule has 0 saturated carbocycles. The van der Waals surface area contributed by atoms with Crippen molar-refractivity contribution in [2.24, 2.45) is 5.10 Å². The Bertz CT molecular complexity index is 1190. The van der Waals surface area contributed by atoms with Crippen molar-refractivity contribution in [1.82, 2.24) is 4.41 Å². The maximum atomic E-state index is 12.5. The molecule has 9 nitrogen and oxygen atoms in total. The second-order valence-corrected chi connectivity index (χ2v) is 10.4. The Morgan fingerprint density at radius 2 is 1.73 bits per heavy atom. The molecule has 1 aliphatic heterocycles. The Morgan fingerprint density at radius 1 is 1.03 bits per heavy atom. The van der Waals surface area contributed by atoms with E-state index in [2.05, 4.69) is 9.82 Å². The van der Waals surface area contributed by atoms with E-state index in [4.69, 9.17) is 9.47 Å². The van der Waals surface area contributed by atoms with Gasteiger partial charge in [-0.2, -0.15) is 9.52 Å². The van der Waals surface area contributed by atoms with Gasteiger partial charge < -0.3 is 9.47 Å². The largest absolute Gasteiger partial charge is 0.493 e. The van der Waals surface area contributed by atoms with E-state index in [9.17, 15) is 16.8 Å². The number of nitrogens with one attached hydrogen (secondary N) is 1. The van der Waals surface area contributed by atoms with Gasteiger partial charge in [-0.1, -0.05) is 24.3 Å². The van der Waals surface area contributed by atoms with Crippen molar-refractivity contribution in [3.8, 4) is 11.5 Å². The predicted octanol–water partition coefficient (Wildman–Crippen LogP) is 2.19. The number of para-hydroxylation sites is 1. The molecule has 0 aliphatic carbocycles. The molecular formula is C19H23N3O6S2. The van der Waals surface area contributed by atoms with Gasteiger partial charge in [0.25, 0.3) is 0 Å². The second kappa shape index (κ2) is 8.15. The third kappa shape index (κ3) is 4.68. The quantitative estimate of drug-likeness (QED) is 0.687. The Morgan fingerprint density at radius 3 is 2.33 bits per heavy atom. The van der Waals surface area contributed by atoms with Gasteiger partial charge in [-0.25, -0.2) is 16.8 Å². The van der Waals surface area contributed by atoms with Crippen molar-refractivity contribution in [2.75, 3.05) is 31.5 Å². The molecule has 1 heterocycles. The first-order chi connectivity index (χ1) is 14.0. The molecule has 11 heteroatoms. The average Bonchev–Trinajstić information content (AvgIpc) is 3.12. The van der Waals surface area contributed by atoms with E-state index in [1.165, 1.54) is 14.2 Å². The van der Waals surface area contributed by atoms with Gasteiger partial charge in [0.2, 0.25) is 20.0 Å². The third-order valence-electron chi connectivity index (χ3n) is 4.50. The van der Waals surface area contributed by atoms with Crippen LogP contribution in [-0.4, -0.2) is 53.7 Å². The van der Waals surface area contributed by atoms with Crippen LogP contribution in [0.5, 0.6) is 11.5 Å². The fraction of sp³-hybridized carbons (Fsp3) is 0.316. The van der Waals surface area contributed by atoms with Crippen LogP contribution in [0.15, 0.2) is 47.6 Å². The highest BCUT2D eigenvalue weighted by Crippen LogP contribution is 2.42. The molecular weight excluding hydrogens is 430 g/mol. The number of hydrogen-bond donors (Lipinski definition) is 1. The van der Waals surface area contributed by atoms with Crippen LogP contribution in [0.4, 0.5) is 5.69 Å². The molecule has 162 valence electrons. The summed E-state index contributed by atoms with van der Waals surface area (Å²) in [7, 11) is -4.14. The minimum atomic E-state index is -3.69. The van der Waals surface area contributed by atoms with Crippen LogP contribution >= 0.6 is 0 Å². The van der Waals surface area contributed by atoms with Gasteiger partial charge >= 0.3 is 0 Å². The number of benzene rings is 2. The fourth-order valence-electron chi connectivity index (χ4n) is 3.35. The lowest BCUT2D eigenvalue weighted by Crippen LogP contribution is -2.26. The molecule has 0 unspecified atom stereocenters. The molecule has 0 saturated heterocycles. The van der Waals surface area contributed by atoms with Crippen molar-refractivity contribution in [3.63, 3.8) is 0 Å². The molecule has 0 spiro atoms. The summed E-state index contributed by atoms with van der Waals surface area (Å²) in [5.74, 6) is 0.916. The van der Waals surface area contributed by atoms with Gasteiger partial charge in [0.15, 0.2) is 11.5 Å². The first-order valence-electron chi connectivity index (χ1n) is 8.89. The zero-order chi connectivity index (χ0) is 22.1. The maximum absolute atomic E-state index is 12.5. The van der Waals surface area contributed by atoms with Gasteiger partial charge in [-0.3, -0.25) is 4.72 Å². The second-order valence-electron chi connectivity index (χ2n) is 6.84. The standard InChI is InChI=1S/C19H23N3O6S2/c1-27-18-10-6-9-15(19(18)28-2)17-12-16(20-22(17)30(4,25)26)13-7-5-8-14(11-13)21-29(3,23)24/h5-11,17,21H,12H2,1-4H3/t17-/m1/s1. The molecule has 3 rings (SSSR count). The number of sulfonamides is 2. The van der Waals surface area contributed by atoms with Crippen LogP contribution in [0.2, 0.25) is 0 Å². The van der Waals surface area contributed by atoms with Crippen LogP contribution in [-0.2, 0) is 20.0 Å². The number of nitrogens with zero attached hydrogens (tertiary/aromatic N) is 2. The minimum Gasteiger partial charge on any atom is -0.493 e. The molecule has 0 amide bonds. The first-order valence-corrected chi connectivity index (χ1v) is 12.6. The Balaban J connectivity index is 2.05. The molecule has 0 radical (unpaired) electrons. The summed E-state index contributed by atoms with van der Waals surface area (Å²) in [5.41, 5.74) is 2.10. The highest BCUT2D eigenvalue weighted by atomic mass is 32.2. The van der Waals surface area contributed by atoms with Gasteiger partial charge in [-0.05, 0) is 23.8 Å². The lowest BCUT2D eigenvalue weighted by atomic mass is 9.98. The Labute approximate surface area is 176 Å². The maximum Gasteiger partial charge on any atom is 0.247 e. The van der Waals surface area contributed by atoms with Crippen molar-refractivity contribution < 1.29 is 26.3 Å². The van der Waals surface area contributed by atoms with E-state index in [1.54, 1.807) is 42.5 Å². The average molecular weight is 454 g/mol. The molecule has 0 bridgehead atoms. The molecule has 1 aliphatic rings. The summed E-state index contributed by atoms with van der Waals surface area (Å²) in [6.45, 7) is 0. The summed E-state index contributed by atoms with van der Waals surface area (Å²) in [6.07, 6.45) is 2.42. The number of hydrogen-bond acceptors (Lipinski definition) is 7. The molecule has 1 N–H and O–H groups in total. The monoisotopic (exact) mass is 453 g/mol. The fourth-order valence-corrected chi connectivity index (χ4v) is 4.80. The normalized spacial score (nSPS) is 16.9. The van der Waals surface area contributed by atoms with E-state index in [-0.39, 0.29) is 6.42 Å². The molecule has 2 aromatic rings. The zero-order valence-electron chi connectivity index (χ0n) is 17.0. The van der Waals surface area contributed by atoms with Crippen molar-refractivity contribution in [2.45, 2.75) is 12.5 Å². The zero-order valence-corrected chi connectivity index (χ0v) is 18.6. The topological polar surface area (TPSA) is 114 Å². The smallest absolute Gasteiger partial charge is 0.247 e. The predicted molar refractivity (Wildman–Crippen MR) is 115 cm³/mol. The molecule has 0 fully saturated rings. The van der Waals surface area contributed by atoms with Crippen molar-refractivity contribution in [3.05, 3.63) is 53.6 Å². The third-order valence-corrected chi connectivity index (χ3v) is 6.13. The van der Waals surface area contributed by atoms with Crippen LogP contribution in [0, 0.1) is 0 Å². The molecule has 2 aromatic carbocycles. The van der Waals surface area contributed by atoms with Crippen molar-refractivity contribution in [1.29, 1.82) is 0 Å². The van der Waals surface area contributed by atoms with Crippen LogP contribution in [0.25, 0.3) is 0 Å². The summed E-state index contributed by atoms with van der Waals surface area (Å²) in [6, 6.07) is 11.3. The van der Waals surface area contributed by atoms with Crippen molar-refractivity contribution >= 4 is 31.4 Å². The number of anilines is 1. The Kier molecular flexibility index (Phi) is 5.95. The van der Waals surface area contributed by atoms with E-state index in [0.717, 1.165) is 16.9 Å². The van der Waals surface area contributed by atoms with E-state index < -0.39 is 26.1 Å². The molecule has 1 atom stereocenters. The van der Waals surface area contributed by atoms with Gasteiger partial charge in [-0.15, -0.1) is 0 Å². The number of methoxy groups -OCH3 is 2. The highest BCUT2D eigenvalue weighted by molar-refractivity contribution is 7.92. The van der Waals surface area contributed by atoms with Gasteiger partial charge in [0.1, 0.15) is 0 Å². The van der Waals surface area contributed by atoms with Gasteiger partial charge in [0, 0.05) is 17.7 Å². The molecule has 30 heavy (non-hydrogen) atoms. The summed E-state index contributed by atoms with van der Waals surface area (Å²) < 4.78 is 62.3. The SMILES string of the molecule is COc1cccc([C@H]2CC(c3cccc(NS(C)(=O)=O)c3)=NN2S(C)(=O)=O)c1OC. The highest BCUT2D eigenvalue weighted by Gasteiger charge is 2.36. The van der Waals surface area contributed by atoms with Crippen LogP contribution < -0.4 is 14.2 Å². The minimum absolute atomic E-state index is 0.277. The first kappa shape index (κ1) is 21.9. The van der Waals surface area contributed by atoms with E-state index in [1.807, 2.05) is 0 Å². The summed E-state index contributed by atoms with van der Waals surface area (Å²) in [4.78, 5) is 0. The number of ether oxygens (including phenoxy) is 2. The number of hydrazone groups is 1.